The van der Waals surface area contributed by atoms with Gasteiger partial charge in [0.2, 0.25) is 0 Å². The molecule has 6 nitrogen and oxygen atoms in total. The van der Waals surface area contributed by atoms with Crippen LogP contribution in [0.5, 0.6) is 0 Å². The molecule has 0 saturated heterocycles. The number of hydrogen-bond acceptors (Lipinski definition) is 3. The van der Waals surface area contributed by atoms with Gasteiger partial charge in [0.1, 0.15) is 12.0 Å². The summed E-state index contributed by atoms with van der Waals surface area (Å²) in [5, 5.41) is 12.0. The third-order valence-electron chi connectivity index (χ3n) is 4.02. The Labute approximate surface area is 128 Å². The van der Waals surface area contributed by atoms with Gasteiger partial charge in [-0.05, 0) is 31.5 Å². The molecule has 0 radical (unpaired) electrons. The average molecular weight is 297 g/mol. The minimum Gasteiger partial charge on any atom is -0.341 e. The van der Waals surface area contributed by atoms with E-state index in [4.69, 9.17) is 0 Å². The van der Waals surface area contributed by atoms with Crippen molar-refractivity contribution in [1.29, 1.82) is 0 Å². The first-order valence-corrected chi connectivity index (χ1v) is 7.19. The van der Waals surface area contributed by atoms with Crippen LogP contribution in [-0.4, -0.2) is 25.2 Å². The van der Waals surface area contributed by atoms with Crippen LogP contribution in [0.1, 0.15) is 34.8 Å². The standard InChI is InChI=1S/C16H19N5O/c1-10-6-5-7-13-12(10)8-14(21(13)4)16(22)18-11(2)15-19-17-9-20(15)3/h5-9,11H,1-4H3,(H,18,22)/t11-/m0/s1. The molecule has 114 valence electrons. The van der Waals surface area contributed by atoms with Crippen LogP contribution >= 0.6 is 0 Å². The van der Waals surface area contributed by atoms with E-state index < -0.39 is 0 Å². The second-order valence-corrected chi connectivity index (χ2v) is 5.59. The molecule has 2 heterocycles. The summed E-state index contributed by atoms with van der Waals surface area (Å²) in [6.45, 7) is 3.95. The summed E-state index contributed by atoms with van der Waals surface area (Å²) >= 11 is 0. The van der Waals surface area contributed by atoms with Crippen molar-refractivity contribution >= 4 is 16.8 Å². The topological polar surface area (TPSA) is 64.7 Å². The van der Waals surface area contributed by atoms with E-state index in [1.165, 1.54) is 0 Å². The summed E-state index contributed by atoms with van der Waals surface area (Å²) in [5.41, 5.74) is 2.85. The molecule has 6 heteroatoms. The van der Waals surface area contributed by atoms with Gasteiger partial charge in [0.15, 0.2) is 5.82 Å². The first kappa shape index (κ1) is 14.3. The fraction of sp³-hybridized carbons (Fsp3) is 0.312. The van der Waals surface area contributed by atoms with E-state index in [0.29, 0.717) is 5.69 Å². The molecule has 0 aliphatic rings. The zero-order valence-electron chi connectivity index (χ0n) is 13.2. The summed E-state index contributed by atoms with van der Waals surface area (Å²) < 4.78 is 3.72. The largest absolute Gasteiger partial charge is 0.341 e. The van der Waals surface area contributed by atoms with Crippen LogP contribution in [0.2, 0.25) is 0 Å². The van der Waals surface area contributed by atoms with Gasteiger partial charge < -0.3 is 14.5 Å². The van der Waals surface area contributed by atoms with E-state index in [2.05, 4.69) is 15.5 Å². The van der Waals surface area contributed by atoms with E-state index in [1.807, 2.05) is 56.8 Å². The van der Waals surface area contributed by atoms with Crippen molar-refractivity contribution in [3.8, 4) is 0 Å². The van der Waals surface area contributed by atoms with Gasteiger partial charge >= 0.3 is 0 Å². The zero-order chi connectivity index (χ0) is 15.9. The normalized spacial score (nSPS) is 12.5. The number of nitrogens with one attached hydrogen (secondary N) is 1. The van der Waals surface area contributed by atoms with E-state index in [9.17, 15) is 4.79 Å². The summed E-state index contributed by atoms with van der Waals surface area (Å²) in [4.78, 5) is 12.6. The highest BCUT2D eigenvalue weighted by Crippen LogP contribution is 2.22. The lowest BCUT2D eigenvalue weighted by molar-refractivity contribution is 0.0930. The van der Waals surface area contributed by atoms with Gasteiger partial charge in [-0.25, -0.2) is 0 Å². The number of aromatic nitrogens is 4. The number of rotatable bonds is 3. The minimum atomic E-state index is -0.209. The molecule has 0 aliphatic carbocycles. The van der Waals surface area contributed by atoms with Crippen LogP contribution in [0, 0.1) is 6.92 Å². The lowest BCUT2D eigenvalue weighted by Crippen LogP contribution is -2.29. The Morgan fingerprint density at radius 2 is 2.09 bits per heavy atom. The lowest BCUT2D eigenvalue weighted by Gasteiger charge is -2.13. The Hall–Kier alpha value is -2.63. The van der Waals surface area contributed by atoms with Gasteiger partial charge in [-0.2, -0.15) is 0 Å². The molecule has 1 aromatic carbocycles. The fourth-order valence-corrected chi connectivity index (χ4v) is 2.75. The number of amides is 1. The third kappa shape index (κ3) is 2.26. The number of nitrogens with zero attached hydrogens (tertiary/aromatic N) is 4. The molecule has 3 rings (SSSR count). The van der Waals surface area contributed by atoms with Gasteiger partial charge in [-0.3, -0.25) is 4.79 Å². The highest BCUT2D eigenvalue weighted by molar-refractivity contribution is 5.99. The number of hydrogen-bond donors (Lipinski definition) is 1. The Bertz CT molecular complexity index is 845. The molecule has 0 unspecified atom stereocenters. The number of carbonyl (C=O) groups excluding carboxylic acids is 1. The van der Waals surface area contributed by atoms with Crippen LogP contribution in [0.4, 0.5) is 0 Å². The van der Waals surface area contributed by atoms with Crippen molar-refractivity contribution in [3.05, 3.63) is 47.7 Å². The summed E-state index contributed by atoms with van der Waals surface area (Å²) in [5.74, 6) is 0.608. The fourth-order valence-electron chi connectivity index (χ4n) is 2.75. The second-order valence-electron chi connectivity index (χ2n) is 5.59. The van der Waals surface area contributed by atoms with Crippen molar-refractivity contribution in [3.63, 3.8) is 0 Å². The molecule has 1 atom stereocenters. The van der Waals surface area contributed by atoms with Crippen molar-refractivity contribution < 1.29 is 4.79 Å². The molecule has 0 spiro atoms. The van der Waals surface area contributed by atoms with E-state index >= 15 is 0 Å². The van der Waals surface area contributed by atoms with E-state index in [1.54, 1.807) is 10.9 Å². The van der Waals surface area contributed by atoms with Crippen LogP contribution in [0.15, 0.2) is 30.6 Å². The summed E-state index contributed by atoms with van der Waals surface area (Å²) in [6, 6.07) is 7.79. The molecule has 2 aromatic heterocycles. The van der Waals surface area contributed by atoms with Crippen LogP contribution in [-0.2, 0) is 14.1 Å². The maximum absolute atomic E-state index is 12.6. The Balaban J connectivity index is 1.91. The summed E-state index contributed by atoms with van der Waals surface area (Å²) in [6.07, 6.45) is 1.62. The van der Waals surface area contributed by atoms with Gasteiger partial charge in [0.25, 0.3) is 5.91 Å². The Morgan fingerprint density at radius 1 is 1.32 bits per heavy atom. The maximum Gasteiger partial charge on any atom is 0.268 e. The molecule has 0 fully saturated rings. The number of aryl methyl sites for hydroxylation is 3. The van der Waals surface area contributed by atoms with Gasteiger partial charge in [-0.15, -0.1) is 10.2 Å². The van der Waals surface area contributed by atoms with Crippen LogP contribution in [0.25, 0.3) is 10.9 Å². The predicted octanol–water partition coefficient (Wildman–Crippen LogP) is 2.11. The van der Waals surface area contributed by atoms with Crippen LogP contribution < -0.4 is 5.32 Å². The van der Waals surface area contributed by atoms with E-state index in [0.717, 1.165) is 22.3 Å². The monoisotopic (exact) mass is 297 g/mol. The molecular formula is C16H19N5O. The minimum absolute atomic E-state index is 0.117. The number of benzene rings is 1. The molecule has 0 saturated carbocycles. The molecule has 1 amide bonds. The van der Waals surface area contributed by atoms with Gasteiger partial charge in [0, 0.05) is 25.0 Å². The quantitative estimate of drug-likeness (QED) is 0.805. The third-order valence-corrected chi connectivity index (χ3v) is 4.02. The SMILES string of the molecule is Cc1cccc2c1cc(C(=O)N[C@@H](C)c1nncn1C)n2C. The summed E-state index contributed by atoms with van der Waals surface area (Å²) in [7, 11) is 3.77. The molecule has 22 heavy (non-hydrogen) atoms. The first-order chi connectivity index (χ1) is 10.5. The van der Waals surface area contributed by atoms with E-state index in [-0.39, 0.29) is 11.9 Å². The lowest BCUT2D eigenvalue weighted by atomic mass is 10.1. The highest BCUT2D eigenvalue weighted by atomic mass is 16.2. The van der Waals surface area contributed by atoms with Crippen LogP contribution in [0.3, 0.4) is 0 Å². The molecule has 0 bridgehead atoms. The maximum atomic E-state index is 12.6. The Kier molecular flexibility index (Phi) is 3.44. The zero-order valence-corrected chi connectivity index (χ0v) is 13.2. The smallest absolute Gasteiger partial charge is 0.268 e. The first-order valence-electron chi connectivity index (χ1n) is 7.19. The molecular weight excluding hydrogens is 278 g/mol. The second kappa shape index (κ2) is 5.29. The molecule has 3 aromatic rings. The molecule has 1 N–H and O–H groups in total. The van der Waals surface area contributed by atoms with Crippen molar-refractivity contribution in [2.24, 2.45) is 14.1 Å². The van der Waals surface area contributed by atoms with Gasteiger partial charge in [-0.1, -0.05) is 12.1 Å². The Morgan fingerprint density at radius 3 is 2.73 bits per heavy atom. The average Bonchev–Trinajstić information content (AvgIpc) is 3.04. The molecule has 0 aliphatic heterocycles. The van der Waals surface area contributed by atoms with Crippen molar-refractivity contribution in [1.82, 2.24) is 24.6 Å². The van der Waals surface area contributed by atoms with Crippen molar-refractivity contribution in [2.45, 2.75) is 19.9 Å². The number of carbonyl (C=O) groups is 1. The van der Waals surface area contributed by atoms with Crippen molar-refractivity contribution in [2.75, 3.05) is 0 Å². The highest BCUT2D eigenvalue weighted by Gasteiger charge is 2.19. The van der Waals surface area contributed by atoms with Gasteiger partial charge in [0.05, 0.1) is 6.04 Å². The predicted molar refractivity (Wildman–Crippen MR) is 84.5 cm³/mol. The number of fused-ring (bicyclic) bond motifs is 1.